The van der Waals surface area contributed by atoms with E-state index in [9.17, 15) is 4.79 Å². The highest BCUT2D eigenvalue weighted by atomic mass is 16.1. The summed E-state index contributed by atoms with van der Waals surface area (Å²) in [4.78, 5) is 12.2. The molecule has 1 heterocycles. The minimum absolute atomic E-state index is 0.0425. The fourth-order valence-corrected chi connectivity index (χ4v) is 2.22. The van der Waals surface area contributed by atoms with Crippen molar-refractivity contribution in [2.45, 2.75) is 38.6 Å². The minimum Gasteiger partial charge on any atom is -0.307 e. The monoisotopic (exact) mass is 217 g/mol. The third-order valence-corrected chi connectivity index (χ3v) is 3.25. The van der Waals surface area contributed by atoms with Crippen LogP contribution in [0.5, 0.6) is 0 Å². The van der Waals surface area contributed by atoms with E-state index in [1.807, 2.05) is 18.2 Å². The third-order valence-electron chi connectivity index (χ3n) is 3.25. The molecule has 16 heavy (non-hydrogen) atoms. The number of carbonyl (C=O) groups is 1. The topological polar surface area (TPSA) is 29.1 Å². The molecule has 1 aromatic carbocycles. The van der Waals surface area contributed by atoms with Gasteiger partial charge in [-0.1, -0.05) is 31.5 Å². The first-order valence-electron chi connectivity index (χ1n) is 6.18. The Kier molecular flexibility index (Phi) is 3.73. The van der Waals surface area contributed by atoms with Crippen LogP contribution in [0, 0.1) is 0 Å². The number of rotatable bonds is 3. The average Bonchev–Trinajstić information content (AvgIpc) is 2.39. The van der Waals surface area contributed by atoms with Crippen molar-refractivity contribution in [1.82, 2.24) is 5.32 Å². The van der Waals surface area contributed by atoms with Gasteiger partial charge in [-0.2, -0.15) is 0 Å². The Balaban J connectivity index is 2.12. The molecule has 1 unspecified atom stereocenters. The first-order valence-corrected chi connectivity index (χ1v) is 6.18. The largest absolute Gasteiger partial charge is 0.307 e. The molecule has 1 atom stereocenters. The maximum atomic E-state index is 12.2. The first kappa shape index (κ1) is 11.3. The molecule has 0 spiro atoms. The number of ketones is 1. The van der Waals surface area contributed by atoms with Gasteiger partial charge in [-0.15, -0.1) is 0 Å². The van der Waals surface area contributed by atoms with E-state index in [1.54, 1.807) is 0 Å². The number of piperidine rings is 1. The van der Waals surface area contributed by atoms with Crippen LogP contribution in [0.1, 0.15) is 42.1 Å². The summed E-state index contributed by atoms with van der Waals surface area (Å²) in [5, 5.41) is 3.31. The Hall–Kier alpha value is -1.15. The number of hydrogen-bond donors (Lipinski definition) is 1. The summed E-state index contributed by atoms with van der Waals surface area (Å²) < 4.78 is 0. The molecule has 0 bridgehead atoms. The zero-order valence-corrected chi connectivity index (χ0v) is 9.83. The summed E-state index contributed by atoms with van der Waals surface area (Å²) in [6.07, 6.45) is 4.32. The molecule has 1 saturated heterocycles. The fourth-order valence-electron chi connectivity index (χ4n) is 2.22. The predicted molar refractivity (Wildman–Crippen MR) is 65.8 cm³/mol. The Morgan fingerprint density at radius 2 is 2.31 bits per heavy atom. The summed E-state index contributed by atoms with van der Waals surface area (Å²) >= 11 is 0. The van der Waals surface area contributed by atoms with Crippen molar-refractivity contribution in [3.63, 3.8) is 0 Å². The van der Waals surface area contributed by atoms with Crippen LogP contribution in [0.4, 0.5) is 0 Å². The molecule has 0 saturated carbocycles. The first-order chi connectivity index (χ1) is 7.81. The molecule has 0 amide bonds. The smallest absolute Gasteiger partial charge is 0.179 e. The van der Waals surface area contributed by atoms with E-state index in [-0.39, 0.29) is 11.8 Å². The van der Waals surface area contributed by atoms with Crippen molar-refractivity contribution in [3.05, 3.63) is 35.4 Å². The number of hydrogen-bond acceptors (Lipinski definition) is 2. The highest BCUT2D eigenvalue weighted by molar-refractivity contribution is 6.00. The Bertz CT molecular complexity index is 367. The average molecular weight is 217 g/mol. The van der Waals surface area contributed by atoms with Gasteiger partial charge in [0.15, 0.2) is 5.78 Å². The van der Waals surface area contributed by atoms with Crippen LogP contribution in [0.25, 0.3) is 0 Å². The van der Waals surface area contributed by atoms with Crippen LogP contribution in [0.3, 0.4) is 0 Å². The highest BCUT2D eigenvalue weighted by Crippen LogP contribution is 2.14. The molecular formula is C14H19NO. The van der Waals surface area contributed by atoms with Crippen LogP contribution >= 0.6 is 0 Å². The van der Waals surface area contributed by atoms with Crippen molar-refractivity contribution < 1.29 is 4.79 Å². The van der Waals surface area contributed by atoms with E-state index in [1.165, 1.54) is 12.0 Å². The molecule has 0 aromatic heterocycles. The Morgan fingerprint density at radius 1 is 1.44 bits per heavy atom. The lowest BCUT2D eigenvalue weighted by molar-refractivity contribution is 0.0927. The summed E-state index contributed by atoms with van der Waals surface area (Å²) in [6.45, 7) is 3.09. The maximum Gasteiger partial charge on any atom is 0.179 e. The van der Waals surface area contributed by atoms with Crippen LogP contribution < -0.4 is 5.32 Å². The molecule has 2 nitrogen and oxygen atoms in total. The zero-order valence-electron chi connectivity index (χ0n) is 9.83. The van der Waals surface area contributed by atoms with Gasteiger partial charge in [-0.3, -0.25) is 4.79 Å². The van der Waals surface area contributed by atoms with Crippen molar-refractivity contribution in [3.8, 4) is 0 Å². The molecule has 2 rings (SSSR count). The number of benzene rings is 1. The SMILES string of the molecule is CCc1cccc(C(=O)C2CCCCN2)c1. The van der Waals surface area contributed by atoms with E-state index in [2.05, 4.69) is 18.3 Å². The Labute approximate surface area is 97.1 Å². The lowest BCUT2D eigenvalue weighted by Crippen LogP contribution is -2.40. The van der Waals surface area contributed by atoms with Gasteiger partial charge in [-0.05, 0) is 37.4 Å². The van der Waals surface area contributed by atoms with Gasteiger partial charge >= 0.3 is 0 Å². The van der Waals surface area contributed by atoms with E-state index in [0.29, 0.717) is 0 Å². The fraction of sp³-hybridized carbons (Fsp3) is 0.500. The molecule has 1 fully saturated rings. The van der Waals surface area contributed by atoms with Gasteiger partial charge in [0.1, 0.15) is 0 Å². The number of carbonyl (C=O) groups excluding carboxylic acids is 1. The van der Waals surface area contributed by atoms with E-state index in [0.717, 1.165) is 31.4 Å². The van der Waals surface area contributed by atoms with E-state index < -0.39 is 0 Å². The molecule has 2 heteroatoms. The van der Waals surface area contributed by atoms with Crippen molar-refractivity contribution >= 4 is 5.78 Å². The second-order valence-corrected chi connectivity index (χ2v) is 4.42. The van der Waals surface area contributed by atoms with Gasteiger partial charge in [0, 0.05) is 5.56 Å². The maximum absolute atomic E-state index is 12.2. The van der Waals surface area contributed by atoms with Crippen LogP contribution in [0.2, 0.25) is 0 Å². The number of Topliss-reactive ketones (excluding diaryl/α,β-unsaturated/α-hetero) is 1. The van der Waals surface area contributed by atoms with Crippen molar-refractivity contribution in [2.75, 3.05) is 6.54 Å². The zero-order chi connectivity index (χ0) is 11.4. The highest BCUT2D eigenvalue weighted by Gasteiger charge is 2.21. The van der Waals surface area contributed by atoms with E-state index in [4.69, 9.17) is 0 Å². The molecule has 0 aliphatic carbocycles. The molecule has 0 radical (unpaired) electrons. The van der Waals surface area contributed by atoms with Crippen LogP contribution in [0.15, 0.2) is 24.3 Å². The third kappa shape index (κ3) is 2.50. The molecule has 1 aliphatic rings. The van der Waals surface area contributed by atoms with Gasteiger partial charge in [0.2, 0.25) is 0 Å². The summed E-state index contributed by atoms with van der Waals surface area (Å²) in [5.41, 5.74) is 2.10. The standard InChI is InChI=1S/C14H19NO/c1-2-11-6-5-7-12(10-11)14(16)13-8-3-4-9-15-13/h5-7,10,13,15H,2-4,8-9H2,1H3. The van der Waals surface area contributed by atoms with Crippen LogP contribution in [-0.2, 0) is 6.42 Å². The normalized spacial score (nSPS) is 20.7. The van der Waals surface area contributed by atoms with Crippen molar-refractivity contribution in [1.29, 1.82) is 0 Å². The van der Waals surface area contributed by atoms with Crippen LogP contribution in [-0.4, -0.2) is 18.4 Å². The molecule has 1 N–H and O–H groups in total. The second kappa shape index (κ2) is 5.26. The van der Waals surface area contributed by atoms with Crippen molar-refractivity contribution in [2.24, 2.45) is 0 Å². The summed E-state index contributed by atoms with van der Waals surface area (Å²) in [7, 11) is 0. The molecule has 86 valence electrons. The molecule has 1 aromatic rings. The van der Waals surface area contributed by atoms with Gasteiger partial charge in [0.05, 0.1) is 6.04 Å². The Morgan fingerprint density at radius 3 is 3.00 bits per heavy atom. The van der Waals surface area contributed by atoms with Gasteiger partial charge in [-0.25, -0.2) is 0 Å². The lowest BCUT2D eigenvalue weighted by Gasteiger charge is -2.22. The minimum atomic E-state index is 0.0425. The summed E-state index contributed by atoms with van der Waals surface area (Å²) in [6, 6.07) is 8.05. The van der Waals surface area contributed by atoms with Gasteiger partial charge < -0.3 is 5.32 Å². The van der Waals surface area contributed by atoms with Gasteiger partial charge in [0.25, 0.3) is 0 Å². The molecule has 1 aliphatic heterocycles. The lowest BCUT2D eigenvalue weighted by atomic mass is 9.95. The predicted octanol–water partition coefficient (Wildman–Crippen LogP) is 2.57. The molecular weight excluding hydrogens is 198 g/mol. The quantitative estimate of drug-likeness (QED) is 0.788. The second-order valence-electron chi connectivity index (χ2n) is 4.42. The number of aryl methyl sites for hydroxylation is 1. The summed E-state index contributed by atoms with van der Waals surface area (Å²) in [5.74, 6) is 0.259. The number of nitrogens with one attached hydrogen (secondary N) is 1. The van der Waals surface area contributed by atoms with E-state index >= 15 is 0 Å².